The van der Waals surface area contributed by atoms with Gasteiger partial charge in [0.05, 0.1) is 36.6 Å². The summed E-state index contributed by atoms with van der Waals surface area (Å²) in [6.45, 7) is 3.20. The first-order valence-electron chi connectivity index (χ1n) is 9.08. The number of aromatic nitrogens is 1. The van der Waals surface area contributed by atoms with Crippen molar-refractivity contribution in [2.24, 2.45) is 5.92 Å². The average Bonchev–Trinajstić information content (AvgIpc) is 2.70. The van der Waals surface area contributed by atoms with Gasteiger partial charge in [0.2, 0.25) is 0 Å². The van der Waals surface area contributed by atoms with Crippen molar-refractivity contribution in [2.45, 2.75) is 26.3 Å². The van der Waals surface area contributed by atoms with Crippen LogP contribution in [0.15, 0.2) is 36.5 Å². The lowest BCUT2D eigenvalue weighted by molar-refractivity contribution is -0.159. The molecule has 29 heavy (non-hydrogen) atoms. The number of ether oxygens (including phenoxy) is 2. The Morgan fingerprint density at radius 3 is 2.41 bits per heavy atom. The summed E-state index contributed by atoms with van der Waals surface area (Å²) in [6, 6.07) is 6.67. The van der Waals surface area contributed by atoms with Crippen molar-refractivity contribution >= 4 is 34.7 Å². The Hall–Kier alpha value is -3.49. The largest absolute Gasteiger partial charge is 0.480 e. The molecule has 1 heterocycles. The number of hydrogen-bond donors (Lipinski definition) is 2. The van der Waals surface area contributed by atoms with Crippen molar-refractivity contribution in [1.29, 1.82) is 0 Å². The summed E-state index contributed by atoms with van der Waals surface area (Å²) in [6.07, 6.45) is 0.966. The number of carbonyl (C=O) groups is 4. The van der Waals surface area contributed by atoms with Crippen molar-refractivity contribution < 1.29 is 33.8 Å². The molecule has 2 aromatic rings. The summed E-state index contributed by atoms with van der Waals surface area (Å²) in [5.74, 6) is -5.34. The van der Waals surface area contributed by atoms with Gasteiger partial charge in [0.15, 0.2) is 0 Å². The topological polar surface area (TPSA) is 132 Å². The van der Waals surface area contributed by atoms with E-state index < -0.39 is 42.2 Å². The van der Waals surface area contributed by atoms with Gasteiger partial charge < -0.3 is 19.9 Å². The Kier molecular flexibility index (Phi) is 7.64. The molecule has 0 aliphatic rings. The summed E-state index contributed by atoms with van der Waals surface area (Å²) < 4.78 is 9.71. The number of rotatable bonds is 9. The number of esters is 2. The molecule has 1 amide bonds. The Labute approximate surface area is 167 Å². The molecular weight excluding hydrogens is 380 g/mol. The Morgan fingerprint density at radius 1 is 1.07 bits per heavy atom. The van der Waals surface area contributed by atoms with E-state index in [2.05, 4.69) is 10.3 Å². The molecule has 0 spiro atoms. The van der Waals surface area contributed by atoms with Crippen molar-refractivity contribution in [3.8, 4) is 0 Å². The maximum Gasteiger partial charge on any atom is 0.327 e. The number of hydrogen-bond acceptors (Lipinski definition) is 7. The van der Waals surface area contributed by atoms with Crippen molar-refractivity contribution in [3.63, 3.8) is 0 Å². The van der Waals surface area contributed by atoms with Crippen LogP contribution in [0.3, 0.4) is 0 Å². The van der Waals surface area contributed by atoms with Gasteiger partial charge in [-0.15, -0.1) is 0 Å². The highest BCUT2D eigenvalue weighted by Gasteiger charge is 2.38. The van der Waals surface area contributed by atoms with Crippen molar-refractivity contribution in [1.82, 2.24) is 10.3 Å². The van der Waals surface area contributed by atoms with Crippen LogP contribution in [-0.2, 0) is 23.9 Å². The van der Waals surface area contributed by atoms with Crippen LogP contribution < -0.4 is 5.32 Å². The number of nitrogens with zero attached hydrogens (tertiary/aromatic N) is 1. The Morgan fingerprint density at radius 2 is 1.76 bits per heavy atom. The van der Waals surface area contributed by atoms with Crippen LogP contribution in [0.1, 0.15) is 30.6 Å². The highest BCUT2D eigenvalue weighted by atomic mass is 16.5. The molecule has 9 heteroatoms. The van der Waals surface area contributed by atoms with E-state index in [0.717, 1.165) is 0 Å². The second-order valence-electron chi connectivity index (χ2n) is 6.04. The summed E-state index contributed by atoms with van der Waals surface area (Å²) in [5.41, 5.74) is 0.530. The number of carboxylic acid groups (broad SMARTS) is 1. The van der Waals surface area contributed by atoms with E-state index in [0.29, 0.717) is 10.9 Å². The van der Waals surface area contributed by atoms with E-state index in [9.17, 15) is 24.3 Å². The van der Waals surface area contributed by atoms with E-state index in [1.165, 1.54) is 12.3 Å². The maximum absolute atomic E-state index is 12.8. The molecule has 0 fully saturated rings. The molecule has 1 aromatic heterocycles. The number of nitrogens with one attached hydrogen (secondary N) is 1. The zero-order valence-corrected chi connectivity index (χ0v) is 16.1. The zero-order valence-electron chi connectivity index (χ0n) is 16.1. The third-order valence-corrected chi connectivity index (χ3v) is 4.11. The monoisotopic (exact) mass is 402 g/mol. The minimum atomic E-state index is -1.69. The van der Waals surface area contributed by atoms with E-state index in [1.807, 2.05) is 0 Å². The van der Waals surface area contributed by atoms with Crippen molar-refractivity contribution in [3.05, 3.63) is 42.1 Å². The van der Waals surface area contributed by atoms with Crippen LogP contribution in [-0.4, -0.2) is 53.2 Å². The van der Waals surface area contributed by atoms with Crippen LogP contribution in [0.2, 0.25) is 0 Å². The first-order valence-corrected chi connectivity index (χ1v) is 9.08. The summed E-state index contributed by atoms with van der Waals surface area (Å²) >= 11 is 0. The second kappa shape index (κ2) is 10.2. The number of fused-ring (bicyclic) bond motifs is 1. The first kappa shape index (κ1) is 21.8. The van der Waals surface area contributed by atoms with Crippen LogP contribution in [0, 0.1) is 5.92 Å². The predicted molar refractivity (Wildman–Crippen MR) is 102 cm³/mol. The lowest BCUT2D eigenvalue weighted by Gasteiger charge is -2.23. The van der Waals surface area contributed by atoms with Crippen LogP contribution in [0.25, 0.3) is 10.9 Å². The second-order valence-corrected chi connectivity index (χ2v) is 6.04. The quantitative estimate of drug-likeness (QED) is 0.604. The molecule has 0 saturated heterocycles. The summed E-state index contributed by atoms with van der Waals surface area (Å²) in [5, 5.41) is 12.6. The van der Waals surface area contributed by atoms with Gasteiger partial charge in [-0.3, -0.25) is 19.4 Å². The first-order chi connectivity index (χ1) is 13.9. The molecule has 154 valence electrons. The normalized spacial score (nSPS) is 12.6. The van der Waals surface area contributed by atoms with Gasteiger partial charge in [0, 0.05) is 11.6 Å². The van der Waals surface area contributed by atoms with E-state index >= 15 is 0 Å². The van der Waals surface area contributed by atoms with Gasteiger partial charge in [-0.25, -0.2) is 4.79 Å². The van der Waals surface area contributed by atoms with Gasteiger partial charge in [-0.05, 0) is 26.0 Å². The van der Waals surface area contributed by atoms with Crippen molar-refractivity contribution in [2.75, 3.05) is 13.2 Å². The number of pyridine rings is 1. The standard InChI is InChI=1S/C20H22N2O7/c1-3-28-15(23)11-14(20(27)29-4-2)17(19(25)26)22-18(24)13-9-5-7-12-8-6-10-21-16(12)13/h5-10,14,17H,3-4,11H2,1-2H3,(H,22,24)(H,25,26)/t14-,17-/m0/s1. The minimum absolute atomic E-state index is 0.00825. The van der Waals surface area contributed by atoms with Gasteiger partial charge in [0.1, 0.15) is 6.04 Å². The van der Waals surface area contributed by atoms with Crippen LogP contribution in [0.4, 0.5) is 0 Å². The minimum Gasteiger partial charge on any atom is -0.480 e. The smallest absolute Gasteiger partial charge is 0.327 e. The average molecular weight is 402 g/mol. The molecule has 0 aliphatic carbocycles. The summed E-state index contributed by atoms with van der Waals surface area (Å²) in [7, 11) is 0. The molecule has 0 unspecified atom stereocenters. The molecular formula is C20H22N2O7. The molecule has 0 radical (unpaired) electrons. The van der Waals surface area contributed by atoms with Gasteiger partial charge in [-0.1, -0.05) is 18.2 Å². The highest BCUT2D eigenvalue weighted by Crippen LogP contribution is 2.18. The molecule has 2 rings (SSSR count). The van der Waals surface area contributed by atoms with Gasteiger partial charge in [-0.2, -0.15) is 0 Å². The SMILES string of the molecule is CCOC(=O)C[C@H](C(=O)OCC)[C@H](NC(=O)c1cccc2cccnc12)C(=O)O. The third kappa shape index (κ3) is 5.50. The Balaban J connectivity index is 2.33. The number of amides is 1. The fourth-order valence-corrected chi connectivity index (χ4v) is 2.83. The van der Waals surface area contributed by atoms with Gasteiger partial charge in [0.25, 0.3) is 5.91 Å². The maximum atomic E-state index is 12.8. The van der Waals surface area contributed by atoms with E-state index in [4.69, 9.17) is 9.47 Å². The van der Waals surface area contributed by atoms with Gasteiger partial charge >= 0.3 is 17.9 Å². The summed E-state index contributed by atoms with van der Waals surface area (Å²) in [4.78, 5) is 53.0. The number of aliphatic carboxylic acids is 1. The number of benzene rings is 1. The fourth-order valence-electron chi connectivity index (χ4n) is 2.83. The molecule has 2 atom stereocenters. The van der Waals surface area contributed by atoms with Crippen LogP contribution >= 0.6 is 0 Å². The lowest BCUT2D eigenvalue weighted by atomic mass is 9.95. The molecule has 0 bridgehead atoms. The number of para-hydroxylation sites is 1. The number of carboxylic acids is 1. The van der Waals surface area contributed by atoms with E-state index in [1.54, 1.807) is 38.1 Å². The van der Waals surface area contributed by atoms with Crippen LogP contribution in [0.5, 0.6) is 0 Å². The highest BCUT2D eigenvalue weighted by molar-refractivity contribution is 6.06. The molecule has 2 N–H and O–H groups in total. The predicted octanol–water partition coefficient (Wildman–Crippen LogP) is 1.55. The lowest BCUT2D eigenvalue weighted by Crippen LogP contribution is -2.49. The molecule has 0 aliphatic heterocycles. The fraction of sp³-hybridized carbons (Fsp3) is 0.350. The molecule has 0 saturated carbocycles. The van der Waals surface area contributed by atoms with E-state index in [-0.39, 0.29) is 18.8 Å². The third-order valence-electron chi connectivity index (χ3n) is 4.11. The zero-order chi connectivity index (χ0) is 21.4. The number of carbonyl (C=O) groups excluding carboxylic acids is 3. The molecule has 9 nitrogen and oxygen atoms in total. The Bertz CT molecular complexity index is 907. The molecule has 1 aromatic carbocycles.